The monoisotopic (exact) mass is 496 g/mol. The lowest BCUT2D eigenvalue weighted by Gasteiger charge is -2.25. The molecule has 0 aliphatic heterocycles. The zero-order valence-electron chi connectivity index (χ0n) is 22.2. The molecule has 2 aliphatic carbocycles. The molecule has 0 N–H and O–H groups in total. The van der Waals surface area contributed by atoms with Crippen LogP contribution in [0.4, 0.5) is 0 Å². The summed E-state index contributed by atoms with van der Waals surface area (Å²) in [5, 5.41) is 5.58. The lowest BCUT2D eigenvalue weighted by atomic mass is 9.95. The van der Waals surface area contributed by atoms with Gasteiger partial charge in [0.15, 0.2) is 0 Å². The van der Waals surface area contributed by atoms with Gasteiger partial charge in [0.1, 0.15) is 0 Å². The van der Waals surface area contributed by atoms with E-state index >= 15 is 0 Å². The number of hydrogen-bond donors (Lipinski definition) is 0. The second-order valence-corrected chi connectivity index (χ2v) is 11.8. The Balaban J connectivity index is 1.30. The van der Waals surface area contributed by atoms with E-state index in [0.29, 0.717) is 12.1 Å². The summed E-state index contributed by atoms with van der Waals surface area (Å²) in [4.78, 5) is 0. The Morgan fingerprint density at radius 3 is 1.24 bits per heavy atom. The van der Waals surface area contributed by atoms with Gasteiger partial charge in [-0.2, -0.15) is 0 Å². The molecule has 2 heteroatoms. The summed E-state index contributed by atoms with van der Waals surface area (Å²) in [7, 11) is 0. The van der Waals surface area contributed by atoms with Gasteiger partial charge in [-0.1, -0.05) is 87.1 Å². The number of fused-ring (bicyclic) bond motifs is 6. The molecule has 2 aromatic heterocycles. The third kappa shape index (κ3) is 3.46. The lowest BCUT2D eigenvalue weighted by Crippen LogP contribution is -2.12. The van der Waals surface area contributed by atoms with Crippen LogP contribution < -0.4 is 0 Å². The topological polar surface area (TPSA) is 9.86 Å². The maximum atomic E-state index is 2.66. The second kappa shape index (κ2) is 9.05. The molecule has 0 saturated heterocycles. The van der Waals surface area contributed by atoms with E-state index in [-0.39, 0.29) is 0 Å². The van der Waals surface area contributed by atoms with E-state index in [0.717, 1.165) is 0 Å². The summed E-state index contributed by atoms with van der Waals surface area (Å²) in [6.45, 7) is 0. The highest BCUT2D eigenvalue weighted by atomic mass is 15.0. The number of benzene rings is 4. The molecule has 2 nitrogen and oxygen atoms in total. The molecule has 2 heterocycles. The van der Waals surface area contributed by atoms with Crippen LogP contribution in [0.15, 0.2) is 84.9 Å². The zero-order chi connectivity index (χ0) is 25.1. The number of para-hydroxylation sites is 2. The van der Waals surface area contributed by atoms with Crippen LogP contribution in [-0.2, 0) is 0 Å². The van der Waals surface area contributed by atoms with Gasteiger partial charge in [0.2, 0.25) is 0 Å². The Hall–Kier alpha value is -3.52. The van der Waals surface area contributed by atoms with Crippen LogP contribution >= 0.6 is 0 Å². The molecule has 8 rings (SSSR count). The van der Waals surface area contributed by atoms with Crippen LogP contribution in [0.5, 0.6) is 0 Å². The highest BCUT2D eigenvalue weighted by Gasteiger charge is 2.22. The van der Waals surface area contributed by atoms with Gasteiger partial charge in [-0.15, -0.1) is 0 Å². The fraction of sp³-hybridized carbons (Fsp3) is 0.333. The van der Waals surface area contributed by atoms with Gasteiger partial charge in [-0.25, -0.2) is 0 Å². The first kappa shape index (κ1) is 22.5. The maximum absolute atomic E-state index is 2.66. The lowest BCUT2D eigenvalue weighted by molar-refractivity contribution is 0.367. The summed E-state index contributed by atoms with van der Waals surface area (Å²) < 4.78 is 5.32. The van der Waals surface area contributed by atoms with Crippen molar-refractivity contribution in [3.63, 3.8) is 0 Å². The van der Waals surface area contributed by atoms with Crippen LogP contribution in [0.3, 0.4) is 0 Å². The number of nitrogens with zero attached hydrogens (tertiary/aromatic N) is 2. The van der Waals surface area contributed by atoms with Crippen molar-refractivity contribution < 1.29 is 0 Å². The minimum Gasteiger partial charge on any atom is -0.337 e. The minimum absolute atomic E-state index is 0.624. The standard InChI is InChI=1S/C36H36N2/c1-3-11-27(12-4-1)37-33-17-9-7-15-29(33)31-23-25(19-21-35(31)37)26-20-22-36-32(24-26)30-16-8-10-18-34(30)38(36)28-13-5-2-6-14-28/h7-10,15-24,27-28H,1-6,11-14H2. The van der Waals surface area contributed by atoms with E-state index in [1.54, 1.807) is 0 Å². The van der Waals surface area contributed by atoms with Crippen molar-refractivity contribution in [1.29, 1.82) is 0 Å². The first-order valence-electron chi connectivity index (χ1n) is 14.9. The van der Waals surface area contributed by atoms with Gasteiger partial charge < -0.3 is 9.13 Å². The molecular weight excluding hydrogens is 460 g/mol. The molecule has 6 aromatic rings. The van der Waals surface area contributed by atoms with Crippen molar-refractivity contribution in [2.75, 3.05) is 0 Å². The van der Waals surface area contributed by atoms with Gasteiger partial charge in [-0.05, 0) is 73.2 Å². The third-order valence-electron chi connectivity index (χ3n) is 9.63. The summed E-state index contributed by atoms with van der Waals surface area (Å²) in [5.74, 6) is 0. The van der Waals surface area contributed by atoms with Gasteiger partial charge in [0.25, 0.3) is 0 Å². The predicted molar refractivity (Wildman–Crippen MR) is 162 cm³/mol. The van der Waals surface area contributed by atoms with Crippen LogP contribution in [0.25, 0.3) is 54.7 Å². The second-order valence-electron chi connectivity index (χ2n) is 11.8. The van der Waals surface area contributed by atoms with Crippen molar-refractivity contribution in [3.05, 3.63) is 84.9 Å². The van der Waals surface area contributed by atoms with E-state index in [1.807, 2.05) is 0 Å². The first-order chi connectivity index (χ1) is 18.9. The maximum Gasteiger partial charge on any atom is 0.0494 e. The first-order valence-corrected chi connectivity index (χ1v) is 14.9. The van der Waals surface area contributed by atoms with Crippen LogP contribution in [0.2, 0.25) is 0 Å². The van der Waals surface area contributed by atoms with E-state index in [9.17, 15) is 0 Å². The largest absolute Gasteiger partial charge is 0.337 e. The van der Waals surface area contributed by atoms with E-state index in [4.69, 9.17) is 0 Å². The van der Waals surface area contributed by atoms with Gasteiger partial charge in [-0.3, -0.25) is 0 Å². The summed E-state index contributed by atoms with van der Waals surface area (Å²) in [6, 6.07) is 33.8. The smallest absolute Gasteiger partial charge is 0.0494 e. The average molecular weight is 497 g/mol. The molecule has 0 atom stereocenters. The zero-order valence-corrected chi connectivity index (χ0v) is 22.2. The normalized spacial score (nSPS) is 17.8. The summed E-state index contributed by atoms with van der Waals surface area (Å²) >= 11 is 0. The minimum atomic E-state index is 0.624. The Kier molecular flexibility index (Phi) is 5.35. The van der Waals surface area contributed by atoms with E-state index in [2.05, 4.69) is 94.1 Å². The summed E-state index contributed by atoms with van der Waals surface area (Å²) in [6.07, 6.45) is 13.4. The van der Waals surface area contributed by atoms with Crippen LogP contribution in [0, 0.1) is 0 Å². The predicted octanol–water partition coefficient (Wildman–Crippen LogP) is 10.6. The Morgan fingerprint density at radius 2 is 0.789 bits per heavy atom. The highest BCUT2D eigenvalue weighted by Crippen LogP contribution is 2.41. The quantitative estimate of drug-likeness (QED) is 0.231. The molecule has 0 radical (unpaired) electrons. The van der Waals surface area contributed by atoms with Gasteiger partial charge >= 0.3 is 0 Å². The molecule has 38 heavy (non-hydrogen) atoms. The van der Waals surface area contributed by atoms with Crippen LogP contribution in [0.1, 0.15) is 76.3 Å². The molecule has 0 unspecified atom stereocenters. The van der Waals surface area contributed by atoms with Crippen molar-refractivity contribution in [1.82, 2.24) is 9.13 Å². The van der Waals surface area contributed by atoms with Crippen molar-refractivity contribution in [3.8, 4) is 11.1 Å². The van der Waals surface area contributed by atoms with Crippen molar-refractivity contribution in [2.24, 2.45) is 0 Å². The molecule has 0 spiro atoms. The van der Waals surface area contributed by atoms with Crippen molar-refractivity contribution >= 4 is 43.6 Å². The van der Waals surface area contributed by atoms with E-state index in [1.165, 1.54) is 119 Å². The molecule has 0 amide bonds. The number of aromatic nitrogens is 2. The number of rotatable bonds is 3. The highest BCUT2D eigenvalue weighted by molar-refractivity contribution is 6.11. The molecule has 2 aliphatic rings. The Labute approximate surface area is 224 Å². The SMILES string of the molecule is c1ccc2c(c1)c1cc(-c3ccc4c(c3)c3ccccc3n4C3CCCCC3)ccc1n2C1CCCCC1. The molecule has 0 bridgehead atoms. The number of hydrogen-bond acceptors (Lipinski definition) is 0. The average Bonchev–Trinajstić information content (AvgIpc) is 3.50. The van der Waals surface area contributed by atoms with Gasteiger partial charge in [0, 0.05) is 55.7 Å². The Morgan fingerprint density at radius 1 is 0.395 bits per heavy atom. The van der Waals surface area contributed by atoms with E-state index < -0.39 is 0 Å². The fourth-order valence-corrected chi connectivity index (χ4v) is 7.83. The van der Waals surface area contributed by atoms with Crippen LogP contribution in [-0.4, -0.2) is 9.13 Å². The van der Waals surface area contributed by atoms with Crippen molar-refractivity contribution in [2.45, 2.75) is 76.3 Å². The summed E-state index contributed by atoms with van der Waals surface area (Å²) in [5.41, 5.74) is 8.24. The molecule has 2 saturated carbocycles. The fourth-order valence-electron chi connectivity index (χ4n) is 7.83. The molecular formula is C36H36N2. The Bertz CT molecular complexity index is 1650. The molecule has 190 valence electrons. The molecule has 4 aromatic carbocycles. The van der Waals surface area contributed by atoms with Gasteiger partial charge in [0.05, 0.1) is 0 Å². The third-order valence-corrected chi connectivity index (χ3v) is 9.63. The molecule has 2 fully saturated rings.